The topological polar surface area (TPSA) is 133 Å². The van der Waals surface area contributed by atoms with Crippen LogP contribution in [0.5, 0.6) is 0 Å². The normalized spacial score (nSPS) is 15.1. The molecule has 2 unspecified atom stereocenters. The average Bonchev–Trinajstić information content (AvgIpc) is 3.20. The second-order valence-electron chi connectivity index (χ2n) is 7.99. The zero-order valence-electron chi connectivity index (χ0n) is 19.8. The van der Waals surface area contributed by atoms with Crippen molar-refractivity contribution in [2.45, 2.75) is 43.0 Å². The Morgan fingerprint density at radius 1 is 1.24 bits per heavy atom. The number of nitrogens with one attached hydrogen (secondary N) is 3. The summed E-state index contributed by atoms with van der Waals surface area (Å²) in [5, 5.41) is 14.9. The number of benzene rings is 2. The van der Waals surface area contributed by atoms with Crippen LogP contribution in [0.15, 0.2) is 53.4 Å². The molecule has 0 saturated carbocycles. The second-order valence-corrected chi connectivity index (χ2v) is 10.1. The van der Waals surface area contributed by atoms with Gasteiger partial charge < -0.3 is 14.8 Å². The fourth-order valence-electron chi connectivity index (χ4n) is 3.43. The Balaban J connectivity index is 1.73. The van der Waals surface area contributed by atoms with Gasteiger partial charge in [0.15, 0.2) is 9.84 Å². The number of sulfone groups is 1. The molecule has 0 aliphatic heterocycles. The van der Waals surface area contributed by atoms with Gasteiger partial charge in [-0.25, -0.2) is 18.2 Å². The number of carbonyl (C=O) groups excluding carboxylic acids is 1. The lowest BCUT2D eigenvalue weighted by molar-refractivity contribution is 0.159. The molecule has 1 aromatic heterocycles. The van der Waals surface area contributed by atoms with E-state index in [1.54, 1.807) is 19.9 Å². The summed E-state index contributed by atoms with van der Waals surface area (Å²) in [6, 6.07) is 13.9. The molecule has 4 N–H and O–H groups in total. The van der Waals surface area contributed by atoms with Crippen LogP contribution < -0.4 is 10.6 Å². The molecule has 1 heterocycles. The molecule has 0 bridgehead atoms. The summed E-state index contributed by atoms with van der Waals surface area (Å²) in [7, 11) is -2.61. The largest absolute Gasteiger partial charge is 0.453 e. The number of nitrogens with zero attached hydrogens (tertiary/aromatic N) is 1. The first-order chi connectivity index (χ1) is 16.1. The highest BCUT2D eigenvalue weighted by Gasteiger charge is 2.31. The molecule has 3 atom stereocenters. The van der Waals surface area contributed by atoms with Gasteiger partial charge in [0.1, 0.15) is 5.37 Å². The maximum Gasteiger partial charge on any atom is 0.413 e. The lowest BCUT2D eigenvalue weighted by atomic mass is 10.1. The summed E-state index contributed by atoms with van der Waals surface area (Å²) in [5.41, 5.74) is 1.85. The number of imidazole rings is 1. The summed E-state index contributed by atoms with van der Waals surface area (Å²) < 4.78 is 39.6. The number of anilines is 1. The molecule has 9 nitrogen and oxygen atoms in total. The lowest BCUT2D eigenvalue weighted by Gasteiger charge is -2.24. The molecule has 33 heavy (non-hydrogen) atoms. The summed E-state index contributed by atoms with van der Waals surface area (Å²) in [6.45, 7) is 3.51. The third-order valence-corrected chi connectivity index (χ3v) is 7.41. The van der Waals surface area contributed by atoms with Crippen LogP contribution in [0.1, 0.15) is 27.2 Å². The first-order valence-electron chi connectivity index (χ1n) is 11.2. The summed E-state index contributed by atoms with van der Waals surface area (Å²) in [4.78, 5) is 18.5. The Morgan fingerprint density at radius 2 is 1.97 bits per heavy atom. The molecule has 0 radical (unpaired) electrons. The molecule has 1 amide bonds. The highest BCUT2D eigenvalue weighted by molar-refractivity contribution is 7.92. The van der Waals surface area contributed by atoms with Crippen molar-refractivity contribution >= 4 is 32.9 Å². The van der Waals surface area contributed by atoms with Crippen LogP contribution in [0, 0.1) is 5.92 Å². The number of amides is 1. The van der Waals surface area contributed by atoms with Crippen LogP contribution >= 0.6 is 0 Å². The number of methoxy groups -OCH3 is 1. The maximum absolute atomic E-state index is 13.4. The van der Waals surface area contributed by atoms with Crippen molar-refractivity contribution in [2.24, 2.45) is 5.92 Å². The lowest BCUT2D eigenvalue weighted by Crippen LogP contribution is -2.44. The van der Waals surface area contributed by atoms with Crippen LogP contribution in [0.25, 0.3) is 11.0 Å². The fraction of sp³-hybridized carbons (Fsp3) is 0.391. The number of aliphatic hydroxyl groups is 1. The number of aromatic nitrogens is 2. The molecule has 2 aromatic carbocycles. The zero-order valence-corrected chi connectivity index (χ0v) is 19.6. The van der Waals surface area contributed by atoms with Gasteiger partial charge in [0, 0.05) is 7.92 Å². The van der Waals surface area contributed by atoms with Crippen molar-refractivity contribution in [3.05, 3.63) is 54.1 Å². The Labute approximate surface area is 194 Å². The first-order valence-corrected chi connectivity index (χ1v) is 12.1. The van der Waals surface area contributed by atoms with E-state index in [9.17, 15) is 18.3 Å². The van der Waals surface area contributed by atoms with E-state index < -0.39 is 33.8 Å². The van der Waals surface area contributed by atoms with E-state index in [2.05, 4.69) is 25.3 Å². The molecule has 0 saturated heterocycles. The maximum atomic E-state index is 13.4. The number of aliphatic hydroxyl groups excluding tert-OH is 1. The van der Waals surface area contributed by atoms with Gasteiger partial charge >= 0.3 is 6.09 Å². The number of rotatable bonds is 10. The third kappa shape index (κ3) is 6.31. The minimum absolute atomic E-state index is 0.0391. The Morgan fingerprint density at radius 3 is 2.64 bits per heavy atom. The van der Waals surface area contributed by atoms with Crippen molar-refractivity contribution in [3.8, 4) is 0 Å². The fourth-order valence-corrected chi connectivity index (χ4v) is 5.29. The quantitative estimate of drug-likeness (QED) is 0.354. The highest BCUT2D eigenvalue weighted by atomic mass is 32.2. The van der Waals surface area contributed by atoms with Gasteiger partial charge in [-0.15, -0.1) is 0 Å². The van der Waals surface area contributed by atoms with E-state index in [1.165, 1.54) is 19.2 Å². The molecule has 0 aliphatic carbocycles. The van der Waals surface area contributed by atoms with E-state index >= 15 is 0 Å². The van der Waals surface area contributed by atoms with Gasteiger partial charge in [0.2, 0.25) is 5.95 Å². The van der Waals surface area contributed by atoms with Crippen LogP contribution in [-0.4, -0.2) is 54.7 Å². The number of aromatic amines is 1. The predicted octanol–water partition coefficient (Wildman–Crippen LogP) is 3.08. The standard InChI is InChI=1S/C23H30N4O5S/c1-15(2)21(24-14-17(28)10-9-16-7-5-4-6-8-16)33(30,31)18-11-12-19-20(13-18)26-22(25-19)27-23(29)32-3/h4-8,11-13,15,17,21,24,28H,9-10,14H2,1-3H3,(H2,25,26,27,29)/t17-,21?/m1/s1/i10D/t10?,17-,21?. The third-order valence-electron chi connectivity index (χ3n) is 5.12. The first kappa shape index (κ1) is 23.2. The molecule has 0 spiro atoms. The molecule has 3 aromatic rings. The van der Waals surface area contributed by atoms with E-state index in [1.807, 2.05) is 30.3 Å². The number of carbonyl (C=O) groups is 1. The van der Waals surface area contributed by atoms with Gasteiger partial charge in [-0.2, -0.15) is 0 Å². The van der Waals surface area contributed by atoms with Crippen molar-refractivity contribution in [1.82, 2.24) is 15.3 Å². The number of aryl methyl sites for hydroxylation is 1. The summed E-state index contributed by atoms with van der Waals surface area (Å²) in [5.74, 6) is -0.164. The van der Waals surface area contributed by atoms with E-state index in [4.69, 9.17) is 1.37 Å². The average molecular weight is 476 g/mol. The number of fused-ring (bicyclic) bond motifs is 1. The summed E-state index contributed by atoms with van der Waals surface area (Å²) in [6.07, 6.45) is -2.18. The zero-order chi connectivity index (χ0) is 24.9. The van der Waals surface area contributed by atoms with Crippen molar-refractivity contribution in [2.75, 3.05) is 19.0 Å². The van der Waals surface area contributed by atoms with Crippen LogP contribution in [0.4, 0.5) is 10.7 Å². The SMILES string of the molecule is [2H]C(Cc1ccccc1)[C@@H](O)CNC(C(C)C)S(=O)(=O)c1ccc2nc(NC(=O)OC)[nH]c2c1. The van der Waals surface area contributed by atoms with E-state index in [0.717, 1.165) is 5.56 Å². The molecule has 0 fully saturated rings. The Hall–Kier alpha value is -2.95. The molecule has 178 valence electrons. The van der Waals surface area contributed by atoms with Gasteiger partial charge in [-0.1, -0.05) is 44.2 Å². The molecule has 0 aliphatic rings. The number of hydrogen-bond donors (Lipinski definition) is 4. The highest BCUT2D eigenvalue weighted by Crippen LogP contribution is 2.24. The van der Waals surface area contributed by atoms with Gasteiger partial charge in [-0.05, 0) is 42.5 Å². The van der Waals surface area contributed by atoms with E-state index in [-0.39, 0.29) is 23.3 Å². The van der Waals surface area contributed by atoms with Crippen molar-refractivity contribution in [1.29, 1.82) is 0 Å². The van der Waals surface area contributed by atoms with Crippen molar-refractivity contribution < 1.29 is 24.4 Å². The second kappa shape index (κ2) is 10.8. The molecular formula is C23H30N4O5S. The smallest absolute Gasteiger partial charge is 0.413 e. The van der Waals surface area contributed by atoms with Crippen molar-refractivity contribution in [3.63, 3.8) is 0 Å². The Kier molecular flexibility index (Phi) is 7.58. The van der Waals surface area contributed by atoms with Gasteiger partial charge in [0.25, 0.3) is 0 Å². The summed E-state index contributed by atoms with van der Waals surface area (Å²) >= 11 is 0. The number of hydrogen-bond acceptors (Lipinski definition) is 7. The van der Waals surface area contributed by atoms with E-state index in [0.29, 0.717) is 17.5 Å². The Bertz CT molecular complexity index is 1220. The molecule has 3 rings (SSSR count). The predicted molar refractivity (Wildman–Crippen MR) is 127 cm³/mol. The molecule has 10 heteroatoms. The minimum atomic E-state index is -3.83. The monoisotopic (exact) mass is 475 g/mol. The van der Waals surface area contributed by atoms with Gasteiger partial charge in [-0.3, -0.25) is 10.6 Å². The number of ether oxygens (including phenoxy) is 1. The van der Waals surface area contributed by atoms with Gasteiger partial charge in [0.05, 0.1) is 29.1 Å². The minimum Gasteiger partial charge on any atom is -0.453 e. The molecular weight excluding hydrogens is 444 g/mol. The van der Waals surface area contributed by atoms with Crippen LogP contribution in [0.2, 0.25) is 0 Å². The van der Waals surface area contributed by atoms with Crippen LogP contribution in [-0.2, 0) is 21.0 Å². The van der Waals surface area contributed by atoms with Crippen LogP contribution in [0.3, 0.4) is 0 Å². The number of H-pyrrole nitrogens is 1.